The average molecular weight is 800 g/mol. The maximum absolute atomic E-state index is 2.45. The molecule has 0 bridgehead atoms. The van der Waals surface area contributed by atoms with Crippen molar-refractivity contribution in [2.45, 2.75) is 39.3 Å². The van der Waals surface area contributed by atoms with Gasteiger partial charge in [0.2, 0.25) is 0 Å². The normalized spacial score (nSPS) is 12.8. The first-order valence-corrected chi connectivity index (χ1v) is 24.1. The molecule has 0 saturated carbocycles. The Kier molecular flexibility index (Phi) is 12.8. The molecule has 3 heteroatoms. The summed E-state index contributed by atoms with van der Waals surface area (Å²) in [5.74, 6) is 0.673. The Labute approximate surface area is 336 Å². The van der Waals surface area contributed by atoms with Crippen LogP contribution in [0.5, 0.6) is 0 Å². The molecule has 0 aromatic heterocycles. The summed E-state index contributed by atoms with van der Waals surface area (Å²) in [5.41, 5.74) is 15.1. The summed E-state index contributed by atoms with van der Waals surface area (Å²) in [7, 11) is 0. The van der Waals surface area contributed by atoms with E-state index in [0.29, 0.717) is 5.92 Å². The van der Waals surface area contributed by atoms with Crippen LogP contribution in [0, 0.1) is 13.8 Å². The number of hydrogen-bond donors (Lipinski definition) is 0. The van der Waals surface area contributed by atoms with Crippen LogP contribution in [0.1, 0.15) is 35.1 Å². The molecule has 0 spiro atoms. The van der Waals surface area contributed by atoms with Crippen LogP contribution in [-0.4, -0.2) is 5.43 Å². The minimum Gasteiger partial charge on any atom is -1.00 e. The van der Waals surface area contributed by atoms with Crippen molar-refractivity contribution in [3.05, 3.63) is 198 Å². The molecule has 0 fully saturated rings. The fourth-order valence-electron chi connectivity index (χ4n) is 7.58. The van der Waals surface area contributed by atoms with Crippen molar-refractivity contribution in [3.63, 3.8) is 0 Å². The molecule has 1 aliphatic carbocycles. The molecule has 8 aromatic carbocycles. The minimum absolute atomic E-state index is 0. The van der Waals surface area contributed by atoms with E-state index in [1.807, 2.05) is 0 Å². The first kappa shape index (κ1) is 38.4. The Bertz CT molecular complexity index is 2370. The number of hydrogen-bond acceptors (Lipinski definition) is 0. The van der Waals surface area contributed by atoms with Gasteiger partial charge in [-0.2, -0.15) is 12.1 Å². The van der Waals surface area contributed by atoms with Crippen LogP contribution < -0.4 is 12.4 Å². The molecule has 0 N–H and O–H groups in total. The molecule has 262 valence electrons. The standard InChI is InChI=1S/C18H18Si.2C16H13.ClH.Zr/c1-13-11-17-15(14-7-4-3-5-8-14)9-6-10-16(17)18(13)12-19-2;2*1-12-10-14-8-5-9-15(16(14)11-12)13-6-3-2-4-7-13;;/h3-11,18H,12H2,1-2H3;2*2-11H,1H3;1H;/q;2*-1;;/p-1. The topological polar surface area (TPSA) is 0 Å². The van der Waals surface area contributed by atoms with E-state index in [2.05, 4.69) is 203 Å². The average Bonchev–Trinajstić information content (AvgIpc) is 3.85. The van der Waals surface area contributed by atoms with Crippen molar-refractivity contribution in [3.8, 4) is 33.4 Å². The zero-order valence-electron chi connectivity index (χ0n) is 30.9. The molecule has 1 aliphatic rings. The van der Waals surface area contributed by atoms with Gasteiger partial charge >= 0.3 is 137 Å². The number of fused-ring (bicyclic) bond motifs is 3. The number of rotatable bonds is 5. The molecular formula is C50H44ClSiZr-3. The van der Waals surface area contributed by atoms with Crippen molar-refractivity contribution in [1.82, 2.24) is 0 Å². The third-order valence-corrected chi connectivity index (χ3v) is 12.5. The van der Waals surface area contributed by atoms with Crippen LogP contribution in [0.3, 0.4) is 0 Å². The maximum atomic E-state index is 2.45. The molecule has 8 aromatic rings. The molecule has 1 atom stereocenters. The SMILES string of the molecule is CC1=Cc2c(-c3ccccc3)cccc2C1C[Si](C)=[Zr].Cc1cc2c(-c3ccccc3)cccc2[cH-]1.Cc1cc2c(-c3ccccc3)cccc2[cH-]1.[Cl-]. The van der Waals surface area contributed by atoms with Gasteiger partial charge in [-0.25, -0.2) is 0 Å². The van der Waals surface area contributed by atoms with Crippen LogP contribution in [0.15, 0.2) is 175 Å². The first-order valence-electron chi connectivity index (χ1n) is 18.2. The zero-order chi connectivity index (χ0) is 36.0. The second-order valence-corrected chi connectivity index (χ2v) is 22.3. The van der Waals surface area contributed by atoms with Crippen LogP contribution in [0.4, 0.5) is 0 Å². The Morgan fingerprint density at radius 1 is 0.528 bits per heavy atom. The Balaban J connectivity index is 0.000000136. The predicted octanol–water partition coefficient (Wildman–Crippen LogP) is 11.1. The van der Waals surface area contributed by atoms with Gasteiger partial charge < -0.3 is 12.4 Å². The van der Waals surface area contributed by atoms with E-state index in [0.717, 1.165) is 0 Å². The fraction of sp³-hybridized carbons (Fsp3) is 0.120. The van der Waals surface area contributed by atoms with Gasteiger partial charge in [-0.1, -0.05) is 97.8 Å². The summed E-state index contributed by atoms with van der Waals surface area (Å²) in [5, 5.41) is 5.37. The molecule has 0 saturated heterocycles. The van der Waals surface area contributed by atoms with Crippen LogP contribution in [-0.2, 0) is 23.3 Å². The van der Waals surface area contributed by atoms with Gasteiger partial charge in [0.1, 0.15) is 0 Å². The third kappa shape index (κ3) is 8.90. The molecule has 0 radical (unpaired) electrons. The molecule has 0 aliphatic heterocycles. The monoisotopic (exact) mass is 797 g/mol. The Hall–Kier alpha value is -4.33. The second kappa shape index (κ2) is 17.7. The van der Waals surface area contributed by atoms with Crippen molar-refractivity contribution >= 4 is 33.1 Å². The number of allylic oxidation sites excluding steroid dienone is 1. The van der Waals surface area contributed by atoms with Gasteiger partial charge in [-0.15, -0.1) is 69.1 Å². The van der Waals surface area contributed by atoms with Crippen molar-refractivity contribution in [2.24, 2.45) is 0 Å². The predicted molar refractivity (Wildman–Crippen MR) is 224 cm³/mol. The van der Waals surface area contributed by atoms with Gasteiger partial charge in [0.05, 0.1) is 0 Å². The van der Waals surface area contributed by atoms with Gasteiger partial charge in [0.25, 0.3) is 0 Å². The second-order valence-electron chi connectivity index (χ2n) is 14.0. The molecule has 9 rings (SSSR count). The number of aryl methyl sites for hydroxylation is 2. The Morgan fingerprint density at radius 3 is 1.40 bits per heavy atom. The zero-order valence-corrected chi connectivity index (χ0v) is 35.1. The summed E-state index contributed by atoms with van der Waals surface area (Å²) in [6, 6.07) is 62.1. The molecule has 1 unspecified atom stereocenters. The van der Waals surface area contributed by atoms with Crippen molar-refractivity contribution < 1.29 is 35.7 Å². The van der Waals surface area contributed by atoms with Gasteiger partial charge in [0, 0.05) is 0 Å². The molecule has 0 nitrogen and oxygen atoms in total. The molecule has 0 heterocycles. The van der Waals surface area contributed by atoms with E-state index in [9.17, 15) is 0 Å². The number of halogens is 1. The van der Waals surface area contributed by atoms with E-state index >= 15 is 0 Å². The van der Waals surface area contributed by atoms with Crippen LogP contribution in [0.2, 0.25) is 12.6 Å². The smallest absolute Gasteiger partial charge is 0.0279 e. The number of benzene rings is 6. The summed E-state index contributed by atoms with van der Waals surface area (Å²) in [6.45, 7) is 9.05. The Morgan fingerprint density at radius 2 is 0.943 bits per heavy atom. The quantitative estimate of drug-likeness (QED) is 0.120. The van der Waals surface area contributed by atoms with Crippen molar-refractivity contribution in [2.75, 3.05) is 0 Å². The largest absolute Gasteiger partial charge is 1.00 e. The van der Waals surface area contributed by atoms with Crippen LogP contribution >= 0.6 is 0 Å². The summed E-state index contributed by atoms with van der Waals surface area (Å²) >= 11 is 1.75. The minimum atomic E-state index is -0.119. The maximum Gasteiger partial charge on any atom is -0.0279 e. The molecule has 0 amide bonds. The summed E-state index contributed by atoms with van der Waals surface area (Å²) < 4.78 is 0. The van der Waals surface area contributed by atoms with E-state index in [-0.39, 0.29) is 17.8 Å². The van der Waals surface area contributed by atoms with Gasteiger partial charge in [0.15, 0.2) is 0 Å². The van der Waals surface area contributed by atoms with Crippen LogP contribution in [0.25, 0.3) is 61.0 Å². The third-order valence-electron chi connectivity index (χ3n) is 9.99. The van der Waals surface area contributed by atoms with E-state index < -0.39 is 0 Å². The van der Waals surface area contributed by atoms with Crippen molar-refractivity contribution in [1.29, 1.82) is 0 Å². The molecular weight excluding hydrogens is 755 g/mol. The molecule has 53 heavy (non-hydrogen) atoms. The fourth-order valence-corrected chi connectivity index (χ4v) is 10.2. The van der Waals surface area contributed by atoms with E-state index in [1.165, 1.54) is 77.7 Å². The summed E-state index contributed by atoms with van der Waals surface area (Å²) in [6.07, 6.45) is 2.42. The van der Waals surface area contributed by atoms with E-state index in [1.54, 1.807) is 34.5 Å². The first-order chi connectivity index (χ1) is 25.4. The van der Waals surface area contributed by atoms with E-state index in [4.69, 9.17) is 0 Å². The van der Waals surface area contributed by atoms with Gasteiger partial charge in [-0.05, 0) is 11.1 Å². The summed E-state index contributed by atoms with van der Waals surface area (Å²) in [4.78, 5) is 0. The van der Waals surface area contributed by atoms with Gasteiger partial charge in [-0.3, -0.25) is 0 Å².